The maximum Gasteiger partial charge on any atom is 0.407 e. The zero-order chi connectivity index (χ0) is 22.8. The lowest BCUT2D eigenvalue weighted by molar-refractivity contribution is -0.140. The van der Waals surface area contributed by atoms with Crippen molar-refractivity contribution in [2.45, 2.75) is 13.8 Å². The molecule has 0 heterocycles. The Morgan fingerprint density at radius 2 is 1.00 bits per heavy atom. The number of nitrogens with one attached hydrogen (secondary N) is 2. The van der Waals surface area contributed by atoms with Crippen molar-refractivity contribution >= 4 is 45.7 Å². The number of esters is 2. The molecule has 0 aliphatic rings. The van der Waals surface area contributed by atoms with Crippen LogP contribution in [0.2, 0.25) is 0 Å². The zero-order valence-electron chi connectivity index (χ0n) is 17.2. The van der Waals surface area contributed by atoms with Crippen molar-refractivity contribution in [3.8, 4) is 0 Å². The van der Waals surface area contributed by atoms with Crippen LogP contribution < -0.4 is 10.6 Å². The number of amides is 2. The predicted molar refractivity (Wildman–Crippen MR) is 115 cm³/mol. The van der Waals surface area contributed by atoms with Gasteiger partial charge in [0.05, 0.1) is 0 Å². The van der Waals surface area contributed by atoms with Crippen molar-refractivity contribution in [1.29, 1.82) is 0 Å². The average molecular weight is 465 g/mol. The van der Waals surface area contributed by atoms with Crippen LogP contribution in [0.25, 0.3) is 0 Å². The summed E-state index contributed by atoms with van der Waals surface area (Å²) in [5, 5.41) is 5.12. The van der Waals surface area contributed by atoms with Gasteiger partial charge in [0.2, 0.25) is 0 Å². The second kappa shape index (κ2) is 17.5. The lowest BCUT2D eigenvalue weighted by atomic mass is 10.4. The van der Waals surface area contributed by atoms with E-state index in [4.69, 9.17) is 18.9 Å². The van der Waals surface area contributed by atoms with Gasteiger partial charge in [0, 0.05) is 35.7 Å². The summed E-state index contributed by atoms with van der Waals surface area (Å²) in [6, 6.07) is 0. The van der Waals surface area contributed by atoms with Gasteiger partial charge in [0.15, 0.2) is 0 Å². The highest BCUT2D eigenvalue weighted by Crippen LogP contribution is 2.19. The van der Waals surface area contributed by atoms with Crippen LogP contribution in [0.5, 0.6) is 0 Å². The Kier molecular flexibility index (Phi) is 16.1. The van der Waals surface area contributed by atoms with Gasteiger partial charge in [-0.25, -0.2) is 19.2 Å². The first kappa shape index (κ1) is 27.7. The number of hydrogen-bond donors (Lipinski definition) is 2. The quantitative estimate of drug-likeness (QED) is 0.122. The maximum atomic E-state index is 11.4. The Morgan fingerprint density at radius 1 is 0.667 bits per heavy atom. The molecule has 0 atom stereocenters. The number of alkyl carbamates (subject to hydrolysis) is 2. The van der Waals surface area contributed by atoms with Crippen molar-refractivity contribution in [1.82, 2.24) is 10.6 Å². The molecular weight excluding hydrogens is 436 g/mol. The van der Waals surface area contributed by atoms with Crippen LogP contribution in [0.1, 0.15) is 13.8 Å². The molecule has 2 N–H and O–H groups in total. The molecule has 0 rings (SSSR count). The first-order valence-corrected chi connectivity index (χ1v) is 11.4. The van der Waals surface area contributed by atoms with E-state index in [-0.39, 0.29) is 37.6 Å². The van der Waals surface area contributed by atoms with E-state index in [2.05, 4.69) is 23.8 Å². The highest BCUT2D eigenvalue weighted by atomic mass is 33.1. The van der Waals surface area contributed by atoms with E-state index >= 15 is 0 Å². The minimum Gasteiger partial charge on any atom is -0.459 e. The largest absolute Gasteiger partial charge is 0.459 e. The summed E-state index contributed by atoms with van der Waals surface area (Å²) >= 11 is 0. The lowest BCUT2D eigenvalue weighted by Crippen LogP contribution is -2.28. The number of hydrogen-bond acceptors (Lipinski definition) is 10. The standard InChI is InChI=1S/C18H28N2O8S2/c1-13(2)15(21)25-7-9-27-17(23)19-5-11-29-30-12-6-20-18(24)28-10-8-26-16(22)14(3)4/h1,3,5-12H2,2,4H3,(H,19,23)(H,20,24). The maximum absolute atomic E-state index is 11.4. The van der Waals surface area contributed by atoms with Crippen LogP contribution in [0, 0.1) is 0 Å². The molecule has 0 spiro atoms. The van der Waals surface area contributed by atoms with Crippen molar-refractivity contribution in [2.24, 2.45) is 0 Å². The summed E-state index contributed by atoms with van der Waals surface area (Å²) in [4.78, 5) is 45.0. The monoisotopic (exact) mass is 464 g/mol. The molecule has 0 saturated carbocycles. The second-order valence-electron chi connectivity index (χ2n) is 5.60. The van der Waals surface area contributed by atoms with E-state index in [9.17, 15) is 19.2 Å². The first-order valence-electron chi connectivity index (χ1n) is 8.95. The molecule has 0 saturated heterocycles. The van der Waals surface area contributed by atoms with Gasteiger partial charge in [0.1, 0.15) is 26.4 Å². The molecule has 0 aliphatic heterocycles. The molecule has 12 heteroatoms. The number of carbonyl (C=O) groups excluding carboxylic acids is 4. The van der Waals surface area contributed by atoms with Gasteiger partial charge in [-0.1, -0.05) is 34.7 Å². The van der Waals surface area contributed by atoms with E-state index in [1.165, 1.54) is 35.4 Å². The van der Waals surface area contributed by atoms with E-state index in [1.54, 1.807) is 0 Å². The molecule has 0 unspecified atom stereocenters. The van der Waals surface area contributed by atoms with Gasteiger partial charge in [-0.15, -0.1) is 0 Å². The third-order valence-electron chi connectivity index (χ3n) is 2.79. The Morgan fingerprint density at radius 3 is 1.33 bits per heavy atom. The van der Waals surface area contributed by atoms with Gasteiger partial charge in [0.25, 0.3) is 0 Å². The Labute approximate surface area is 183 Å². The molecular formula is C18H28N2O8S2. The third-order valence-corrected chi connectivity index (χ3v) is 5.20. The topological polar surface area (TPSA) is 129 Å². The van der Waals surface area contributed by atoms with E-state index in [1.807, 2.05) is 0 Å². The van der Waals surface area contributed by atoms with Crippen molar-refractivity contribution in [3.63, 3.8) is 0 Å². The van der Waals surface area contributed by atoms with Gasteiger partial charge >= 0.3 is 24.1 Å². The summed E-state index contributed by atoms with van der Waals surface area (Å²) < 4.78 is 19.3. The molecule has 0 radical (unpaired) electrons. The molecule has 0 aromatic heterocycles. The SMILES string of the molecule is C=C(C)C(=O)OCCOC(=O)NCCSSCCNC(=O)OCCOC(=O)C(=C)C. The van der Waals surface area contributed by atoms with E-state index in [0.717, 1.165) is 0 Å². The molecule has 0 bridgehead atoms. The smallest absolute Gasteiger partial charge is 0.407 e. The fraction of sp³-hybridized carbons (Fsp3) is 0.556. The summed E-state index contributed by atoms with van der Waals surface area (Å²) in [5.74, 6) is 0.227. The average Bonchev–Trinajstić information content (AvgIpc) is 2.69. The van der Waals surface area contributed by atoms with Gasteiger partial charge in [-0.3, -0.25) is 0 Å². The summed E-state index contributed by atoms with van der Waals surface area (Å²) in [6.45, 7) is 10.6. The Balaban J connectivity index is 3.44. The summed E-state index contributed by atoms with van der Waals surface area (Å²) in [7, 11) is 3.04. The van der Waals surface area contributed by atoms with E-state index < -0.39 is 24.1 Å². The minimum absolute atomic E-state index is 0.0290. The molecule has 0 aromatic carbocycles. The Bertz CT molecular complexity index is 561. The van der Waals surface area contributed by atoms with Crippen LogP contribution in [0.4, 0.5) is 9.59 Å². The fourth-order valence-corrected chi connectivity index (χ4v) is 3.21. The molecule has 0 fully saturated rings. The van der Waals surface area contributed by atoms with Gasteiger partial charge in [-0.2, -0.15) is 0 Å². The number of rotatable bonds is 15. The lowest BCUT2D eigenvalue weighted by Gasteiger charge is -2.08. The van der Waals surface area contributed by atoms with Crippen molar-refractivity contribution in [3.05, 3.63) is 24.3 Å². The molecule has 0 aliphatic carbocycles. The van der Waals surface area contributed by atoms with Gasteiger partial charge in [-0.05, 0) is 13.8 Å². The highest BCUT2D eigenvalue weighted by Gasteiger charge is 2.06. The summed E-state index contributed by atoms with van der Waals surface area (Å²) in [6.07, 6.45) is -1.18. The molecule has 30 heavy (non-hydrogen) atoms. The predicted octanol–water partition coefficient (Wildman–Crippen LogP) is 2.06. The number of ether oxygens (including phenoxy) is 4. The molecule has 170 valence electrons. The van der Waals surface area contributed by atoms with Crippen LogP contribution in [0.3, 0.4) is 0 Å². The minimum atomic E-state index is -0.592. The molecule has 2 amide bonds. The molecule has 10 nitrogen and oxygen atoms in total. The normalized spacial score (nSPS) is 9.80. The first-order chi connectivity index (χ1) is 14.2. The van der Waals surface area contributed by atoms with Crippen LogP contribution in [0.15, 0.2) is 24.3 Å². The fourth-order valence-electron chi connectivity index (χ4n) is 1.39. The van der Waals surface area contributed by atoms with Crippen LogP contribution in [-0.2, 0) is 28.5 Å². The zero-order valence-corrected chi connectivity index (χ0v) is 18.8. The van der Waals surface area contributed by atoms with Crippen LogP contribution >= 0.6 is 21.6 Å². The Hall–Kier alpha value is -2.34. The molecule has 0 aromatic rings. The van der Waals surface area contributed by atoms with Gasteiger partial charge < -0.3 is 29.6 Å². The van der Waals surface area contributed by atoms with Crippen molar-refractivity contribution in [2.75, 3.05) is 51.0 Å². The highest BCUT2D eigenvalue weighted by molar-refractivity contribution is 8.76. The van der Waals surface area contributed by atoms with Crippen molar-refractivity contribution < 1.29 is 38.1 Å². The van der Waals surface area contributed by atoms with E-state index in [0.29, 0.717) is 24.6 Å². The summed E-state index contributed by atoms with van der Waals surface area (Å²) in [5.41, 5.74) is 0.561. The second-order valence-corrected chi connectivity index (χ2v) is 8.30. The van der Waals surface area contributed by atoms with Crippen LogP contribution in [-0.4, -0.2) is 75.1 Å². The number of carbonyl (C=O) groups is 4. The third kappa shape index (κ3) is 16.6.